The molecule has 3 saturated carbocycles. The molecule has 1 aromatic carbocycles. The van der Waals surface area contributed by atoms with Crippen molar-refractivity contribution in [3.05, 3.63) is 34.9 Å². The normalized spacial score (nSPS) is 33.7. The van der Waals surface area contributed by atoms with Gasteiger partial charge in [-0.2, -0.15) is 17.6 Å². The van der Waals surface area contributed by atoms with Gasteiger partial charge in [0.1, 0.15) is 0 Å². The summed E-state index contributed by atoms with van der Waals surface area (Å²) < 4.78 is 85.5. The van der Waals surface area contributed by atoms with Crippen LogP contribution < -0.4 is 0 Å². The Morgan fingerprint density at radius 2 is 1.46 bits per heavy atom. The summed E-state index contributed by atoms with van der Waals surface area (Å²) in [4.78, 5) is 0. The van der Waals surface area contributed by atoms with Gasteiger partial charge in [0.15, 0.2) is 11.6 Å². The first-order chi connectivity index (χ1) is 11.0. The number of benzene rings is 1. The molecule has 3 fully saturated rings. The molecule has 4 rings (SSSR count). The SMILES string of the molecule is Cc1ccc(CCC23CCC(C)(CC2)C(F)(F)C3(F)F)c(F)c1F. The zero-order chi connectivity index (χ0) is 18.0. The Hall–Kier alpha value is -1.20. The first-order valence-electron chi connectivity index (χ1n) is 8.17. The van der Waals surface area contributed by atoms with E-state index in [9.17, 15) is 26.3 Å². The monoisotopic (exact) mass is 350 g/mol. The Morgan fingerprint density at radius 1 is 0.875 bits per heavy atom. The lowest BCUT2D eigenvalue weighted by atomic mass is 9.49. The first-order valence-corrected chi connectivity index (χ1v) is 8.17. The predicted molar refractivity (Wildman–Crippen MR) is 78.3 cm³/mol. The molecule has 0 heterocycles. The molecule has 134 valence electrons. The lowest BCUT2D eigenvalue weighted by Gasteiger charge is -2.60. The Labute approximate surface area is 137 Å². The molecule has 6 heteroatoms. The Balaban J connectivity index is 1.89. The van der Waals surface area contributed by atoms with Crippen molar-refractivity contribution in [2.24, 2.45) is 10.8 Å². The van der Waals surface area contributed by atoms with Crippen LogP contribution in [0.2, 0.25) is 0 Å². The van der Waals surface area contributed by atoms with Crippen LogP contribution in [0.25, 0.3) is 0 Å². The quantitative estimate of drug-likeness (QED) is 0.582. The number of aryl methyl sites for hydroxylation is 2. The molecule has 2 bridgehead atoms. The summed E-state index contributed by atoms with van der Waals surface area (Å²) >= 11 is 0. The Bertz CT molecular complexity index is 656. The van der Waals surface area contributed by atoms with Gasteiger partial charge in [-0.3, -0.25) is 0 Å². The Morgan fingerprint density at radius 3 is 2.04 bits per heavy atom. The maximum absolute atomic E-state index is 14.6. The van der Waals surface area contributed by atoms with Gasteiger partial charge in [0, 0.05) is 10.8 Å². The molecule has 0 unspecified atom stereocenters. The molecule has 0 N–H and O–H groups in total. The zero-order valence-corrected chi connectivity index (χ0v) is 13.7. The van der Waals surface area contributed by atoms with Crippen LogP contribution in [0.4, 0.5) is 26.3 Å². The molecule has 24 heavy (non-hydrogen) atoms. The van der Waals surface area contributed by atoms with E-state index in [0.29, 0.717) is 0 Å². The second kappa shape index (κ2) is 5.15. The van der Waals surface area contributed by atoms with Crippen LogP contribution >= 0.6 is 0 Å². The average molecular weight is 350 g/mol. The van der Waals surface area contributed by atoms with E-state index in [1.165, 1.54) is 26.0 Å². The molecule has 0 spiro atoms. The summed E-state index contributed by atoms with van der Waals surface area (Å²) in [6.45, 7) is 2.62. The maximum atomic E-state index is 14.6. The highest BCUT2D eigenvalue weighted by Crippen LogP contribution is 2.71. The van der Waals surface area contributed by atoms with Crippen LogP contribution in [0.3, 0.4) is 0 Å². The average Bonchev–Trinajstić information content (AvgIpc) is 2.52. The largest absolute Gasteiger partial charge is 0.316 e. The van der Waals surface area contributed by atoms with E-state index in [1.54, 1.807) is 0 Å². The number of rotatable bonds is 3. The maximum Gasteiger partial charge on any atom is 0.316 e. The molecule has 1 aromatic rings. The van der Waals surface area contributed by atoms with E-state index >= 15 is 0 Å². The lowest BCUT2D eigenvalue weighted by molar-refractivity contribution is -0.364. The van der Waals surface area contributed by atoms with Crippen molar-refractivity contribution in [3.63, 3.8) is 0 Å². The number of fused-ring (bicyclic) bond motifs is 3. The van der Waals surface area contributed by atoms with Gasteiger partial charge in [-0.15, -0.1) is 0 Å². The van der Waals surface area contributed by atoms with E-state index in [1.807, 2.05) is 0 Å². The Kier molecular flexibility index (Phi) is 3.78. The van der Waals surface area contributed by atoms with Crippen LogP contribution in [0.1, 0.15) is 50.2 Å². The van der Waals surface area contributed by atoms with Crippen molar-refractivity contribution in [1.82, 2.24) is 0 Å². The van der Waals surface area contributed by atoms with E-state index in [-0.39, 0.29) is 49.7 Å². The van der Waals surface area contributed by atoms with Gasteiger partial charge in [-0.05, 0) is 56.6 Å². The van der Waals surface area contributed by atoms with Gasteiger partial charge in [0.25, 0.3) is 0 Å². The van der Waals surface area contributed by atoms with Crippen LogP contribution in [-0.2, 0) is 6.42 Å². The third-order valence-corrected chi connectivity index (χ3v) is 6.36. The highest BCUT2D eigenvalue weighted by molar-refractivity contribution is 5.26. The zero-order valence-electron chi connectivity index (χ0n) is 13.7. The molecule has 0 atom stereocenters. The minimum atomic E-state index is -4.13. The molecule has 0 nitrogen and oxygen atoms in total. The predicted octanol–water partition coefficient (Wildman–Crippen LogP) is 6.06. The summed E-state index contributed by atoms with van der Waals surface area (Å²) in [5.41, 5.74) is -3.44. The minimum Gasteiger partial charge on any atom is -0.203 e. The molecular weight excluding hydrogens is 330 g/mol. The van der Waals surface area contributed by atoms with Crippen molar-refractivity contribution < 1.29 is 26.3 Å². The van der Waals surface area contributed by atoms with E-state index < -0.39 is 34.3 Å². The lowest BCUT2D eigenvalue weighted by Crippen LogP contribution is -2.68. The van der Waals surface area contributed by atoms with Crippen molar-refractivity contribution in [2.75, 3.05) is 0 Å². The molecule has 3 aliphatic carbocycles. The van der Waals surface area contributed by atoms with Gasteiger partial charge in [-0.1, -0.05) is 19.1 Å². The van der Waals surface area contributed by atoms with Crippen LogP contribution in [-0.4, -0.2) is 11.8 Å². The molecule has 0 aromatic heterocycles. The summed E-state index contributed by atoms with van der Waals surface area (Å²) in [6.07, 6.45) is -0.415. The molecule has 3 aliphatic rings. The standard InChI is InChI=1S/C18H20F6/c1-11-3-4-12(14(20)13(11)19)5-6-16-9-7-15(2,8-10-16)17(21,22)18(16,23)24/h3-4H,5-10H2,1-2H3. The van der Waals surface area contributed by atoms with E-state index in [0.717, 1.165) is 0 Å². The fourth-order valence-corrected chi connectivity index (χ4v) is 4.28. The summed E-state index contributed by atoms with van der Waals surface area (Å²) in [5, 5.41) is 0. The third-order valence-electron chi connectivity index (χ3n) is 6.36. The number of alkyl halides is 4. The highest BCUT2D eigenvalue weighted by atomic mass is 19.3. The van der Waals surface area contributed by atoms with Gasteiger partial charge in [-0.25, -0.2) is 8.78 Å². The number of hydrogen-bond acceptors (Lipinski definition) is 0. The van der Waals surface area contributed by atoms with E-state index in [2.05, 4.69) is 0 Å². The second-order valence-corrected chi connectivity index (χ2v) is 7.66. The van der Waals surface area contributed by atoms with Crippen molar-refractivity contribution in [1.29, 1.82) is 0 Å². The topological polar surface area (TPSA) is 0 Å². The van der Waals surface area contributed by atoms with Crippen molar-refractivity contribution in [2.45, 2.75) is 64.2 Å². The summed E-state index contributed by atoms with van der Waals surface area (Å²) in [7, 11) is 0. The molecule has 0 aliphatic heterocycles. The van der Waals surface area contributed by atoms with Crippen LogP contribution in [0.5, 0.6) is 0 Å². The summed E-state index contributed by atoms with van der Waals surface area (Å²) in [5.74, 6) is -10.3. The van der Waals surface area contributed by atoms with E-state index in [4.69, 9.17) is 0 Å². The summed E-state index contributed by atoms with van der Waals surface area (Å²) in [6, 6.07) is 2.72. The van der Waals surface area contributed by atoms with Gasteiger partial charge >= 0.3 is 11.8 Å². The number of hydrogen-bond donors (Lipinski definition) is 0. The highest BCUT2D eigenvalue weighted by Gasteiger charge is 2.79. The minimum absolute atomic E-state index is 0.0119. The molecular formula is C18H20F6. The number of halogens is 6. The van der Waals surface area contributed by atoms with Gasteiger partial charge in [0.2, 0.25) is 0 Å². The van der Waals surface area contributed by atoms with Crippen molar-refractivity contribution in [3.8, 4) is 0 Å². The molecule has 0 radical (unpaired) electrons. The molecule has 0 saturated heterocycles. The van der Waals surface area contributed by atoms with Crippen molar-refractivity contribution >= 4 is 0 Å². The van der Waals surface area contributed by atoms with Crippen LogP contribution in [0.15, 0.2) is 12.1 Å². The van der Waals surface area contributed by atoms with Crippen LogP contribution in [0, 0.1) is 29.4 Å². The fraction of sp³-hybridized carbons (Fsp3) is 0.667. The molecule has 0 amide bonds. The van der Waals surface area contributed by atoms with Gasteiger partial charge in [0.05, 0.1) is 0 Å². The first kappa shape index (κ1) is 17.6. The van der Waals surface area contributed by atoms with Gasteiger partial charge < -0.3 is 0 Å². The third kappa shape index (κ3) is 2.07. The fourth-order valence-electron chi connectivity index (χ4n) is 4.28. The second-order valence-electron chi connectivity index (χ2n) is 7.66. The smallest absolute Gasteiger partial charge is 0.203 e.